The van der Waals surface area contributed by atoms with Gasteiger partial charge in [0.2, 0.25) is 3.79 Å². The van der Waals surface area contributed by atoms with Gasteiger partial charge in [-0.05, 0) is 33.4 Å². The maximum Gasteiger partial charge on any atom is 0.201 e. The van der Waals surface area contributed by atoms with E-state index in [4.69, 9.17) is 34.8 Å². The Labute approximate surface area is 186 Å². The summed E-state index contributed by atoms with van der Waals surface area (Å²) >= 11 is 19.2. The van der Waals surface area contributed by atoms with Gasteiger partial charge >= 0.3 is 0 Å². The van der Waals surface area contributed by atoms with Crippen LogP contribution in [0.3, 0.4) is 0 Å². The van der Waals surface area contributed by atoms with E-state index >= 15 is 0 Å². The maximum absolute atomic E-state index is 6.41. The summed E-state index contributed by atoms with van der Waals surface area (Å²) in [5.41, 5.74) is 6.54. The molecule has 0 radical (unpaired) electrons. The zero-order chi connectivity index (χ0) is 20.3. The van der Waals surface area contributed by atoms with Gasteiger partial charge in [-0.2, -0.15) is 0 Å². The van der Waals surface area contributed by atoms with E-state index in [9.17, 15) is 0 Å². The average Bonchev–Trinajstić information content (AvgIpc) is 2.75. The Hall–Kier alpha value is -2.25. The Morgan fingerprint density at radius 3 is 1.03 bits per heavy atom. The van der Waals surface area contributed by atoms with Gasteiger partial charge in [-0.25, -0.2) is 0 Å². The van der Waals surface area contributed by atoms with Gasteiger partial charge in [-0.1, -0.05) is 144 Å². The average molecular weight is 438 g/mol. The molecule has 0 aliphatic heterocycles. The summed E-state index contributed by atoms with van der Waals surface area (Å²) in [6, 6.07) is 37.0. The zero-order valence-corrected chi connectivity index (χ0v) is 17.9. The molecule has 0 saturated heterocycles. The predicted octanol–water partition coefficient (Wildman–Crippen LogP) is 8.52. The van der Waals surface area contributed by atoms with Crippen LogP contribution in [0.2, 0.25) is 0 Å². The standard InChI is InChI=1S/C26H19Cl3/c27-26(28,29)25(23-15-11-21(12-16-23)19-7-3-1-4-8-19)24-17-13-22(14-18-24)20-9-5-2-6-10-20/h1-18,25H. The highest BCUT2D eigenvalue weighted by molar-refractivity contribution is 6.68. The highest BCUT2D eigenvalue weighted by Crippen LogP contribution is 2.46. The molecule has 0 N–H and O–H groups in total. The van der Waals surface area contributed by atoms with Gasteiger partial charge in [0, 0.05) is 0 Å². The molecule has 3 heteroatoms. The zero-order valence-electron chi connectivity index (χ0n) is 15.6. The minimum absolute atomic E-state index is 0.359. The van der Waals surface area contributed by atoms with Crippen molar-refractivity contribution in [3.05, 3.63) is 120 Å². The molecule has 4 aromatic rings. The van der Waals surface area contributed by atoms with Gasteiger partial charge in [0.25, 0.3) is 0 Å². The Balaban J connectivity index is 1.67. The maximum atomic E-state index is 6.41. The molecule has 0 fully saturated rings. The molecule has 4 rings (SSSR count). The Morgan fingerprint density at radius 2 is 0.724 bits per heavy atom. The van der Waals surface area contributed by atoms with Gasteiger partial charge < -0.3 is 0 Å². The van der Waals surface area contributed by atoms with Crippen LogP contribution in [0, 0.1) is 0 Å². The van der Waals surface area contributed by atoms with Crippen molar-refractivity contribution in [3.63, 3.8) is 0 Å². The highest BCUT2D eigenvalue weighted by Gasteiger charge is 2.35. The van der Waals surface area contributed by atoms with Crippen LogP contribution in [0.5, 0.6) is 0 Å². The van der Waals surface area contributed by atoms with E-state index in [0.29, 0.717) is 0 Å². The lowest BCUT2D eigenvalue weighted by molar-refractivity contribution is 0.839. The summed E-state index contributed by atoms with van der Waals surface area (Å²) < 4.78 is -1.46. The molecule has 0 bridgehead atoms. The van der Waals surface area contributed by atoms with Crippen molar-refractivity contribution in [1.29, 1.82) is 0 Å². The number of rotatable bonds is 4. The van der Waals surface area contributed by atoms with Crippen molar-refractivity contribution < 1.29 is 0 Å². The minimum Gasteiger partial charge on any atom is -0.0826 e. The number of hydrogen-bond acceptors (Lipinski definition) is 0. The Morgan fingerprint density at radius 1 is 0.414 bits per heavy atom. The van der Waals surface area contributed by atoms with E-state index in [2.05, 4.69) is 48.5 Å². The van der Waals surface area contributed by atoms with E-state index in [0.717, 1.165) is 33.4 Å². The van der Waals surface area contributed by atoms with E-state index in [1.807, 2.05) is 60.7 Å². The van der Waals surface area contributed by atoms with Crippen molar-refractivity contribution in [2.75, 3.05) is 0 Å². The molecule has 144 valence electrons. The van der Waals surface area contributed by atoms with Crippen molar-refractivity contribution in [1.82, 2.24) is 0 Å². The third-order valence-corrected chi connectivity index (χ3v) is 5.68. The second kappa shape index (κ2) is 8.63. The summed E-state index contributed by atoms with van der Waals surface area (Å²) in [5.74, 6) is -0.359. The van der Waals surface area contributed by atoms with Crippen LogP contribution in [0.1, 0.15) is 17.0 Å². The number of alkyl halides is 3. The smallest absolute Gasteiger partial charge is 0.0826 e. The fourth-order valence-corrected chi connectivity index (χ4v) is 4.32. The number of hydrogen-bond donors (Lipinski definition) is 0. The van der Waals surface area contributed by atoms with Crippen LogP contribution < -0.4 is 0 Å². The normalized spacial score (nSPS) is 11.6. The van der Waals surface area contributed by atoms with E-state index in [-0.39, 0.29) is 5.92 Å². The summed E-state index contributed by atoms with van der Waals surface area (Å²) in [4.78, 5) is 0. The van der Waals surface area contributed by atoms with Crippen molar-refractivity contribution in [3.8, 4) is 22.3 Å². The first kappa shape index (κ1) is 20.0. The third-order valence-electron chi connectivity index (χ3n) is 5.03. The van der Waals surface area contributed by atoms with Crippen LogP contribution in [0.15, 0.2) is 109 Å². The van der Waals surface area contributed by atoms with Crippen LogP contribution in [0.4, 0.5) is 0 Å². The van der Waals surface area contributed by atoms with E-state index < -0.39 is 3.79 Å². The summed E-state index contributed by atoms with van der Waals surface area (Å²) in [6.45, 7) is 0. The highest BCUT2D eigenvalue weighted by atomic mass is 35.6. The number of halogens is 3. The molecule has 0 nitrogen and oxygen atoms in total. The molecule has 0 aliphatic carbocycles. The molecule has 0 atom stereocenters. The molecule has 29 heavy (non-hydrogen) atoms. The lowest BCUT2D eigenvalue weighted by Gasteiger charge is -2.26. The molecular weight excluding hydrogens is 419 g/mol. The quantitative estimate of drug-likeness (QED) is 0.281. The lowest BCUT2D eigenvalue weighted by Crippen LogP contribution is -2.18. The molecule has 0 unspecified atom stereocenters. The van der Waals surface area contributed by atoms with Crippen molar-refractivity contribution in [2.24, 2.45) is 0 Å². The van der Waals surface area contributed by atoms with Crippen LogP contribution in [-0.2, 0) is 0 Å². The molecule has 0 heterocycles. The summed E-state index contributed by atoms with van der Waals surface area (Å²) in [7, 11) is 0. The van der Waals surface area contributed by atoms with Gasteiger partial charge in [0.1, 0.15) is 0 Å². The Kier molecular flexibility index (Phi) is 5.96. The van der Waals surface area contributed by atoms with Gasteiger partial charge in [-0.3, -0.25) is 0 Å². The van der Waals surface area contributed by atoms with Gasteiger partial charge in [0.15, 0.2) is 0 Å². The fourth-order valence-electron chi connectivity index (χ4n) is 3.57. The van der Waals surface area contributed by atoms with Gasteiger partial charge in [-0.15, -0.1) is 0 Å². The molecule has 0 aliphatic rings. The fraction of sp³-hybridized carbons (Fsp3) is 0.0769. The van der Waals surface area contributed by atoms with Crippen LogP contribution in [-0.4, -0.2) is 3.79 Å². The van der Waals surface area contributed by atoms with Crippen LogP contribution in [0.25, 0.3) is 22.3 Å². The lowest BCUT2D eigenvalue weighted by atomic mass is 9.90. The molecule has 0 amide bonds. The molecule has 0 saturated carbocycles. The second-order valence-electron chi connectivity index (χ2n) is 6.95. The SMILES string of the molecule is ClC(Cl)(Cl)C(c1ccc(-c2ccccc2)cc1)c1ccc(-c2ccccc2)cc1. The van der Waals surface area contributed by atoms with Gasteiger partial charge in [0.05, 0.1) is 5.92 Å². The predicted molar refractivity (Wildman–Crippen MR) is 126 cm³/mol. The topological polar surface area (TPSA) is 0 Å². The third kappa shape index (κ3) is 4.67. The molecule has 0 aromatic heterocycles. The second-order valence-corrected chi connectivity index (χ2v) is 9.32. The summed E-state index contributed by atoms with van der Waals surface area (Å²) in [5, 5.41) is 0. The van der Waals surface area contributed by atoms with E-state index in [1.165, 1.54) is 0 Å². The first-order valence-electron chi connectivity index (χ1n) is 9.40. The number of benzene rings is 4. The molecule has 0 spiro atoms. The van der Waals surface area contributed by atoms with Crippen molar-refractivity contribution in [2.45, 2.75) is 9.71 Å². The Bertz CT molecular complexity index is 966. The molecule has 4 aromatic carbocycles. The van der Waals surface area contributed by atoms with Crippen molar-refractivity contribution >= 4 is 34.8 Å². The minimum atomic E-state index is -1.46. The summed E-state index contributed by atoms with van der Waals surface area (Å²) in [6.07, 6.45) is 0. The monoisotopic (exact) mass is 436 g/mol. The molecular formula is C26H19Cl3. The van der Waals surface area contributed by atoms with Crippen LogP contribution >= 0.6 is 34.8 Å². The first-order valence-corrected chi connectivity index (χ1v) is 10.5. The first-order chi connectivity index (χ1) is 14.0. The van der Waals surface area contributed by atoms with E-state index in [1.54, 1.807) is 0 Å². The largest absolute Gasteiger partial charge is 0.201 e.